The fraction of sp³-hybridized carbons (Fsp3) is 0.720. The maximum absolute atomic E-state index is 12.7. The van der Waals surface area contributed by atoms with Crippen molar-refractivity contribution in [1.82, 2.24) is 5.32 Å². The number of aliphatic hydroxyl groups is 1. The smallest absolute Gasteiger partial charge is 0.338 e. The van der Waals surface area contributed by atoms with Crippen LogP contribution in [0.15, 0.2) is 16.6 Å². The van der Waals surface area contributed by atoms with Crippen LogP contribution in [0, 0.1) is 5.92 Å². The highest BCUT2D eigenvalue weighted by Crippen LogP contribution is 2.39. The van der Waals surface area contributed by atoms with Gasteiger partial charge in [-0.3, -0.25) is 0 Å². The topological polar surface area (TPSA) is 84.6 Å². The molecule has 6 heteroatoms. The minimum absolute atomic E-state index is 0.167. The van der Waals surface area contributed by atoms with E-state index in [9.17, 15) is 4.79 Å². The lowest BCUT2D eigenvalue weighted by Crippen LogP contribution is -2.30. The van der Waals surface area contributed by atoms with E-state index < -0.39 is 0 Å². The van der Waals surface area contributed by atoms with Gasteiger partial charge in [0.05, 0.1) is 17.9 Å². The Morgan fingerprint density at radius 1 is 1.13 bits per heavy atom. The number of nitrogens with two attached hydrogens (primary N) is 1. The molecule has 1 aliphatic rings. The molecule has 1 atom stereocenters. The maximum atomic E-state index is 12.7. The predicted octanol–water partition coefficient (Wildman–Crippen LogP) is 6.14. The zero-order valence-electron chi connectivity index (χ0n) is 19.1. The Morgan fingerprint density at radius 2 is 1.77 bits per heavy atom. The van der Waals surface area contributed by atoms with Gasteiger partial charge in [-0.05, 0) is 71.8 Å². The fourth-order valence-electron chi connectivity index (χ4n) is 4.58. The summed E-state index contributed by atoms with van der Waals surface area (Å²) >= 11 is 3.56. The third-order valence-corrected chi connectivity index (χ3v) is 6.97. The lowest BCUT2D eigenvalue weighted by Gasteiger charge is -2.32. The highest BCUT2D eigenvalue weighted by molar-refractivity contribution is 9.10. The van der Waals surface area contributed by atoms with E-state index >= 15 is 0 Å². The molecule has 0 aliphatic heterocycles. The van der Waals surface area contributed by atoms with Gasteiger partial charge in [-0.2, -0.15) is 0 Å². The molecule has 0 heterocycles. The first kappa shape index (κ1) is 26.1. The molecule has 5 nitrogen and oxygen atoms in total. The molecule has 176 valence electrons. The first-order valence-corrected chi connectivity index (χ1v) is 13.0. The number of rotatable bonds is 14. The molecule has 0 radical (unpaired) electrons. The number of esters is 1. The van der Waals surface area contributed by atoms with Crippen LogP contribution >= 0.6 is 15.9 Å². The normalized spacial score (nSPS) is 15.7. The monoisotopic (exact) mass is 496 g/mol. The van der Waals surface area contributed by atoms with Crippen molar-refractivity contribution in [3.05, 3.63) is 27.7 Å². The number of unbranched alkanes of at least 4 members (excludes halogenated alkanes) is 6. The summed E-state index contributed by atoms with van der Waals surface area (Å²) in [5, 5.41) is 12.4. The molecule has 1 aromatic rings. The second kappa shape index (κ2) is 14.9. The van der Waals surface area contributed by atoms with Crippen molar-refractivity contribution in [2.45, 2.75) is 90.0 Å². The van der Waals surface area contributed by atoms with Gasteiger partial charge in [0.2, 0.25) is 0 Å². The van der Waals surface area contributed by atoms with Crippen molar-refractivity contribution in [1.29, 1.82) is 0 Å². The standard InChI is InChI=1S/C25H41BrN2O3/c1-2-28-24(19-13-9-8-10-14-19)21-17-20(18-22(26)23(21)27)25(30)31-16-12-7-5-3-4-6-11-15-29/h17-19,24,28-29H,2-16,27H2,1H3. The first-order valence-electron chi connectivity index (χ1n) is 12.2. The van der Waals surface area contributed by atoms with E-state index in [2.05, 4.69) is 28.2 Å². The molecule has 1 fully saturated rings. The minimum Gasteiger partial charge on any atom is -0.462 e. The zero-order valence-corrected chi connectivity index (χ0v) is 20.7. The van der Waals surface area contributed by atoms with Crippen molar-refractivity contribution >= 4 is 27.6 Å². The first-order chi connectivity index (χ1) is 15.1. The van der Waals surface area contributed by atoms with E-state index in [1.54, 1.807) is 6.07 Å². The summed E-state index contributed by atoms with van der Waals surface area (Å²) < 4.78 is 6.32. The summed E-state index contributed by atoms with van der Waals surface area (Å²) in [4.78, 5) is 12.7. The number of ether oxygens (including phenoxy) is 1. The van der Waals surface area contributed by atoms with E-state index in [0.29, 0.717) is 23.8 Å². The second-order valence-corrected chi connectivity index (χ2v) is 9.58. The molecule has 4 N–H and O–H groups in total. The van der Waals surface area contributed by atoms with Crippen molar-refractivity contribution < 1.29 is 14.6 Å². The Labute approximate surface area is 196 Å². The van der Waals surface area contributed by atoms with E-state index in [0.717, 1.165) is 55.1 Å². The molecular weight excluding hydrogens is 456 g/mol. The predicted molar refractivity (Wildman–Crippen MR) is 131 cm³/mol. The summed E-state index contributed by atoms with van der Waals surface area (Å²) in [5.41, 5.74) is 8.73. The van der Waals surface area contributed by atoms with Crippen LogP contribution in [0.25, 0.3) is 0 Å². The van der Waals surface area contributed by atoms with Crippen LogP contribution in [0.3, 0.4) is 0 Å². The number of nitrogen functional groups attached to an aromatic ring is 1. The fourth-order valence-corrected chi connectivity index (χ4v) is 5.05. The Morgan fingerprint density at radius 3 is 2.42 bits per heavy atom. The number of carbonyl (C=O) groups excluding carboxylic acids is 1. The van der Waals surface area contributed by atoms with Crippen LogP contribution in [-0.4, -0.2) is 30.8 Å². The summed E-state index contributed by atoms with van der Waals surface area (Å²) in [6.45, 7) is 3.72. The van der Waals surface area contributed by atoms with Crippen LogP contribution in [-0.2, 0) is 4.74 Å². The highest BCUT2D eigenvalue weighted by Gasteiger charge is 2.27. The molecular formula is C25H41BrN2O3. The molecule has 0 spiro atoms. The second-order valence-electron chi connectivity index (χ2n) is 8.73. The van der Waals surface area contributed by atoms with Crippen molar-refractivity contribution in [2.24, 2.45) is 5.92 Å². The van der Waals surface area contributed by atoms with Crippen LogP contribution in [0.2, 0.25) is 0 Å². The molecule has 1 aliphatic carbocycles. The van der Waals surface area contributed by atoms with Gasteiger partial charge in [0.1, 0.15) is 0 Å². The SMILES string of the molecule is CCNC(c1cc(C(=O)OCCCCCCCCCO)cc(Br)c1N)C1CCCCC1. The van der Waals surface area contributed by atoms with Gasteiger partial charge in [0.25, 0.3) is 0 Å². The number of benzene rings is 1. The van der Waals surface area contributed by atoms with E-state index in [1.807, 2.05) is 6.07 Å². The molecule has 0 bridgehead atoms. The Bertz CT molecular complexity index is 662. The highest BCUT2D eigenvalue weighted by atomic mass is 79.9. The zero-order chi connectivity index (χ0) is 22.5. The summed E-state index contributed by atoms with van der Waals surface area (Å²) in [7, 11) is 0. The van der Waals surface area contributed by atoms with Gasteiger partial charge < -0.3 is 20.9 Å². The average Bonchev–Trinajstić information content (AvgIpc) is 2.78. The third-order valence-electron chi connectivity index (χ3n) is 6.31. The molecule has 2 rings (SSSR count). The Hall–Kier alpha value is -1.11. The largest absolute Gasteiger partial charge is 0.462 e. The molecule has 31 heavy (non-hydrogen) atoms. The number of hydrogen-bond acceptors (Lipinski definition) is 5. The lowest BCUT2D eigenvalue weighted by molar-refractivity contribution is 0.0497. The summed E-state index contributed by atoms with van der Waals surface area (Å²) in [6.07, 6.45) is 13.6. The molecule has 0 saturated heterocycles. The molecule has 1 unspecified atom stereocenters. The van der Waals surface area contributed by atoms with Gasteiger partial charge in [0, 0.05) is 17.1 Å². The van der Waals surface area contributed by atoms with Crippen LogP contribution < -0.4 is 11.1 Å². The van der Waals surface area contributed by atoms with Crippen molar-refractivity contribution in [3.8, 4) is 0 Å². The van der Waals surface area contributed by atoms with E-state index in [-0.39, 0.29) is 18.6 Å². The number of carbonyl (C=O) groups is 1. The number of aliphatic hydroxyl groups excluding tert-OH is 1. The van der Waals surface area contributed by atoms with E-state index in [1.165, 1.54) is 38.5 Å². The van der Waals surface area contributed by atoms with Gasteiger partial charge in [-0.1, -0.05) is 58.3 Å². The van der Waals surface area contributed by atoms with Crippen LogP contribution in [0.4, 0.5) is 5.69 Å². The molecule has 1 aromatic carbocycles. The molecule has 0 aromatic heterocycles. The van der Waals surface area contributed by atoms with Crippen molar-refractivity contribution in [2.75, 3.05) is 25.5 Å². The van der Waals surface area contributed by atoms with Crippen molar-refractivity contribution in [3.63, 3.8) is 0 Å². The number of halogens is 1. The number of anilines is 1. The van der Waals surface area contributed by atoms with Crippen LogP contribution in [0.1, 0.15) is 106 Å². The average molecular weight is 498 g/mol. The molecule has 0 amide bonds. The minimum atomic E-state index is -0.274. The third kappa shape index (κ3) is 8.74. The van der Waals surface area contributed by atoms with E-state index in [4.69, 9.17) is 15.6 Å². The van der Waals surface area contributed by atoms with Gasteiger partial charge in [-0.15, -0.1) is 0 Å². The quantitative estimate of drug-likeness (QED) is 0.163. The van der Waals surface area contributed by atoms with Gasteiger partial charge >= 0.3 is 5.97 Å². The van der Waals surface area contributed by atoms with Gasteiger partial charge in [0.15, 0.2) is 0 Å². The Balaban J connectivity index is 1.92. The maximum Gasteiger partial charge on any atom is 0.338 e. The summed E-state index contributed by atoms with van der Waals surface area (Å²) in [6, 6.07) is 3.89. The summed E-state index contributed by atoms with van der Waals surface area (Å²) in [5.74, 6) is 0.273. The number of nitrogens with one attached hydrogen (secondary N) is 1. The van der Waals surface area contributed by atoms with Gasteiger partial charge in [-0.25, -0.2) is 4.79 Å². The Kier molecular flexibility index (Phi) is 12.5. The number of hydrogen-bond donors (Lipinski definition) is 3. The molecule has 1 saturated carbocycles. The van der Waals surface area contributed by atoms with Crippen LogP contribution in [0.5, 0.6) is 0 Å². The lowest BCUT2D eigenvalue weighted by atomic mass is 9.80.